The number of halogens is 2. The Labute approximate surface area is 215 Å². The van der Waals surface area contributed by atoms with Gasteiger partial charge >= 0.3 is 12.2 Å². The second kappa shape index (κ2) is 10.2. The Bertz CT molecular complexity index is 1420. The molecule has 0 aliphatic carbocycles. The van der Waals surface area contributed by atoms with Gasteiger partial charge < -0.3 is 15.6 Å². The molecule has 0 fully saturated rings. The van der Waals surface area contributed by atoms with E-state index in [1.165, 1.54) is 11.1 Å². The predicted molar refractivity (Wildman–Crippen MR) is 136 cm³/mol. The molecule has 3 aromatic heterocycles. The maximum absolute atomic E-state index is 13.8. The summed E-state index contributed by atoms with van der Waals surface area (Å²) < 4.78 is 21.5. The van der Waals surface area contributed by atoms with Crippen molar-refractivity contribution >= 4 is 44.7 Å². The number of fused-ring (bicyclic) bond motifs is 1. The summed E-state index contributed by atoms with van der Waals surface area (Å²) in [5, 5.41) is 9.52. The zero-order valence-electron chi connectivity index (χ0n) is 19.9. The molecule has 12 heteroatoms. The fourth-order valence-electron chi connectivity index (χ4n) is 3.59. The molecule has 0 aliphatic rings. The van der Waals surface area contributed by atoms with Gasteiger partial charge in [-0.1, -0.05) is 24.3 Å². The summed E-state index contributed by atoms with van der Waals surface area (Å²) in [6.07, 6.45) is 1.59. The van der Waals surface area contributed by atoms with Crippen LogP contribution in [0.5, 0.6) is 0 Å². The third kappa shape index (κ3) is 5.77. The first kappa shape index (κ1) is 25.5. The minimum Gasteiger partial charge on any atom is -0.443 e. The van der Waals surface area contributed by atoms with Crippen LogP contribution in [0.2, 0.25) is 0 Å². The van der Waals surface area contributed by atoms with Gasteiger partial charge in [-0.25, -0.2) is 9.78 Å². The van der Waals surface area contributed by atoms with E-state index in [0.29, 0.717) is 28.0 Å². The first-order valence-corrected chi connectivity index (χ1v) is 11.8. The van der Waals surface area contributed by atoms with Crippen molar-refractivity contribution in [1.82, 2.24) is 24.5 Å². The van der Waals surface area contributed by atoms with Crippen molar-refractivity contribution in [2.75, 3.05) is 10.6 Å². The number of carbonyl (C=O) groups is 1. The molecular weight excluding hydrogens is 533 g/mol. The van der Waals surface area contributed by atoms with Crippen LogP contribution in [0.3, 0.4) is 0 Å². The van der Waals surface area contributed by atoms with Crippen molar-refractivity contribution in [2.24, 2.45) is 0 Å². The molecule has 4 rings (SSSR count). The number of nitrogens with zero attached hydrogens (tertiary/aromatic N) is 6. The van der Waals surface area contributed by atoms with E-state index in [9.17, 15) is 14.3 Å². The van der Waals surface area contributed by atoms with E-state index in [1.54, 1.807) is 37.6 Å². The molecule has 36 heavy (non-hydrogen) atoms. The first-order chi connectivity index (χ1) is 17.0. The lowest BCUT2D eigenvalue weighted by Gasteiger charge is -2.27. The highest BCUT2D eigenvalue weighted by atomic mass is 79.9. The molecule has 0 aliphatic heterocycles. The zero-order valence-corrected chi connectivity index (χ0v) is 21.5. The molecule has 10 nitrogen and oxygen atoms in total. The van der Waals surface area contributed by atoms with Gasteiger partial charge in [0.2, 0.25) is 0 Å². The summed E-state index contributed by atoms with van der Waals surface area (Å²) >= 11 is 3.38. The third-order valence-corrected chi connectivity index (χ3v) is 5.71. The average Bonchev–Trinajstić information content (AvgIpc) is 3.12. The number of hydrogen-bond acceptors (Lipinski definition) is 8. The number of nitrogen functional groups attached to an aromatic ring is 1. The Balaban J connectivity index is 1.65. The fourth-order valence-corrected chi connectivity index (χ4v) is 4.06. The van der Waals surface area contributed by atoms with Gasteiger partial charge in [-0.05, 0) is 59.5 Å². The van der Waals surface area contributed by atoms with Gasteiger partial charge in [0.05, 0.1) is 31.6 Å². The number of benzene rings is 1. The summed E-state index contributed by atoms with van der Waals surface area (Å²) in [7, 11) is 0. The van der Waals surface area contributed by atoms with E-state index in [1.807, 2.05) is 24.3 Å². The number of nitrogens with two attached hydrogens (primary N) is 1. The minimum absolute atomic E-state index is 0.0441. The smallest absolute Gasteiger partial charge is 0.415 e. The average molecular weight is 558 g/mol. The van der Waals surface area contributed by atoms with Crippen LogP contribution in [0.25, 0.3) is 11.2 Å². The van der Waals surface area contributed by atoms with Gasteiger partial charge in [0.1, 0.15) is 5.60 Å². The monoisotopic (exact) mass is 557 g/mol. The van der Waals surface area contributed by atoms with Crippen molar-refractivity contribution in [1.29, 1.82) is 0 Å². The number of rotatable bonds is 6. The number of hydrogen-bond donors (Lipinski definition) is 2. The summed E-state index contributed by atoms with van der Waals surface area (Å²) in [6.45, 7) is 5.67. The molecule has 0 spiro atoms. The number of aromatic nitrogens is 5. The lowest BCUT2D eigenvalue weighted by molar-refractivity contribution is 0.0577. The van der Waals surface area contributed by atoms with E-state index < -0.39 is 17.8 Å². The number of aliphatic hydroxyl groups is 1. The Morgan fingerprint density at radius 2 is 1.92 bits per heavy atom. The molecule has 0 radical (unpaired) electrons. The number of imidazole rings is 1. The number of aliphatic hydroxyl groups excluding tert-OH is 1. The Morgan fingerprint density at radius 1 is 1.17 bits per heavy atom. The number of amides is 1. The highest BCUT2D eigenvalue weighted by molar-refractivity contribution is 9.10. The van der Waals surface area contributed by atoms with Crippen LogP contribution in [-0.2, 0) is 24.4 Å². The summed E-state index contributed by atoms with van der Waals surface area (Å²) in [6, 6.07) is 9.24. The van der Waals surface area contributed by atoms with Gasteiger partial charge in [0, 0.05) is 6.20 Å². The highest BCUT2D eigenvalue weighted by Gasteiger charge is 2.24. The van der Waals surface area contributed by atoms with E-state index >= 15 is 0 Å². The third-order valence-electron chi connectivity index (χ3n) is 5.11. The van der Waals surface area contributed by atoms with Crippen LogP contribution in [0, 0.1) is 6.08 Å². The quantitative estimate of drug-likeness (QED) is 0.266. The maximum atomic E-state index is 13.8. The zero-order chi connectivity index (χ0) is 26.0. The van der Waals surface area contributed by atoms with Crippen LogP contribution in [-0.4, -0.2) is 41.3 Å². The van der Waals surface area contributed by atoms with Crippen LogP contribution in [0.4, 0.5) is 20.7 Å². The molecule has 188 valence electrons. The van der Waals surface area contributed by atoms with E-state index in [2.05, 4.69) is 35.9 Å². The molecule has 1 amide bonds. The fraction of sp³-hybridized carbons (Fsp3) is 0.292. The number of carbonyl (C=O) groups excluding carboxylic acids is 1. The van der Waals surface area contributed by atoms with E-state index in [4.69, 9.17) is 10.5 Å². The van der Waals surface area contributed by atoms with Gasteiger partial charge in [0.15, 0.2) is 21.7 Å². The highest BCUT2D eigenvalue weighted by Crippen LogP contribution is 2.25. The molecule has 3 N–H and O–H groups in total. The standard InChI is InChI=1S/C24H25BrFN7O3/c1-24(2,3)36-23(35)32(17-8-16(13-34)9-28-10-17)11-14-5-4-6-15(7-14)12-33-20-18(29-21(33)25)19(27)30-22(26)31-20/h4-10,34H,11-13H2,1-3H3,(H2,27,30,31). The Hall–Kier alpha value is -3.64. The van der Waals surface area contributed by atoms with Crippen molar-refractivity contribution < 1.29 is 19.0 Å². The normalized spacial score (nSPS) is 11.6. The van der Waals surface area contributed by atoms with Crippen LogP contribution < -0.4 is 10.6 Å². The lowest BCUT2D eigenvalue weighted by atomic mass is 10.1. The Kier molecular flexibility index (Phi) is 7.18. The predicted octanol–water partition coefficient (Wildman–Crippen LogP) is 4.19. The van der Waals surface area contributed by atoms with Crippen LogP contribution in [0.15, 0.2) is 47.5 Å². The van der Waals surface area contributed by atoms with Crippen molar-refractivity contribution in [3.63, 3.8) is 0 Å². The molecule has 0 saturated heterocycles. The molecular formula is C24H25BrFN7O3. The second-order valence-corrected chi connectivity index (χ2v) is 9.82. The molecule has 3 heterocycles. The van der Waals surface area contributed by atoms with Gasteiger partial charge in [-0.2, -0.15) is 14.4 Å². The number of ether oxygens (including phenoxy) is 1. The molecule has 0 bridgehead atoms. The number of anilines is 2. The first-order valence-electron chi connectivity index (χ1n) is 11.0. The molecule has 4 aromatic rings. The van der Waals surface area contributed by atoms with Gasteiger partial charge in [-0.15, -0.1) is 0 Å². The second-order valence-electron chi connectivity index (χ2n) is 9.11. The van der Waals surface area contributed by atoms with Crippen molar-refractivity contribution in [3.8, 4) is 0 Å². The van der Waals surface area contributed by atoms with E-state index in [-0.39, 0.29) is 24.6 Å². The number of pyridine rings is 1. The topological polar surface area (TPSA) is 132 Å². The molecule has 1 aromatic carbocycles. The SMILES string of the molecule is CC(C)(C)OC(=O)N(Cc1cccc(Cn2c(Br)nc3c(N)nc(F)nc32)c1)c1cncc(CO)c1. The summed E-state index contributed by atoms with van der Waals surface area (Å²) in [5.41, 5.74) is 8.40. The molecule has 0 atom stereocenters. The van der Waals surface area contributed by atoms with E-state index in [0.717, 1.165) is 11.1 Å². The molecule has 0 saturated carbocycles. The summed E-state index contributed by atoms with van der Waals surface area (Å²) in [4.78, 5) is 30.4. The van der Waals surface area contributed by atoms with Crippen LogP contribution >= 0.6 is 15.9 Å². The van der Waals surface area contributed by atoms with Crippen molar-refractivity contribution in [3.05, 3.63) is 70.2 Å². The lowest BCUT2D eigenvalue weighted by Crippen LogP contribution is -2.36. The minimum atomic E-state index is -0.936. The van der Waals surface area contributed by atoms with Gasteiger partial charge in [-0.3, -0.25) is 14.5 Å². The van der Waals surface area contributed by atoms with Gasteiger partial charge in [0.25, 0.3) is 0 Å². The van der Waals surface area contributed by atoms with Crippen LogP contribution in [0.1, 0.15) is 37.5 Å². The molecule has 0 unspecified atom stereocenters. The van der Waals surface area contributed by atoms with Crippen molar-refractivity contribution in [2.45, 2.75) is 46.1 Å². The Morgan fingerprint density at radius 3 is 2.64 bits per heavy atom. The maximum Gasteiger partial charge on any atom is 0.415 e. The largest absolute Gasteiger partial charge is 0.443 e. The summed E-state index contributed by atoms with van der Waals surface area (Å²) in [5.74, 6) is -0.0441.